The van der Waals surface area contributed by atoms with Crippen LogP contribution in [0.3, 0.4) is 0 Å². The molecule has 0 aliphatic rings. The second-order valence-electron chi connectivity index (χ2n) is 5.07. The van der Waals surface area contributed by atoms with Crippen molar-refractivity contribution in [2.24, 2.45) is 5.73 Å². The number of nitrogens with two attached hydrogens (primary N) is 1. The predicted octanol–water partition coefficient (Wildman–Crippen LogP) is 3.86. The van der Waals surface area contributed by atoms with Crippen LogP contribution in [0, 0.1) is 0 Å². The normalized spacial score (nSPS) is 12.6. The first-order valence-corrected chi connectivity index (χ1v) is 8.78. The van der Waals surface area contributed by atoms with Crippen LogP contribution in [0.15, 0.2) is 17.5 Å². The molecule has 0 amide bonds. The fourth-order valence-electron chi connectivity index (χ4n) is 2.07. The highest BCUT2D eigenvalue weighted by Gasteiger charge is 2.17. The van der Waals surface area contributed by atoms with E-state index in [9.17, 15) is 0 Å². The van der Waals surface area contributed by atoms with E-state index in [1.807, 2.05) is 11.3 Å². The van der Waals surface area contributed by atoms with Gasteiger partial charge in [-0.2, -0.15) is 0 Å². The number of likely N-dealkylation sites (N-methyl/N-ethyl adjacent to an activating group) is 1. The van der Waals surface area contributed by atoms with Crippen molar-refractivity contribution in [1.29, 1.82) is 0 Å². The molecule has 0 aliphatic carbocycles. The number of anilines is 1. The van der Waals surface area contributed by atoms with Gasteiger partial charge in [0.15, 0.2) is 5.13 Å². The lowest BCUT2D eigenvalue weighted by Gasteiger charge is -2.15. The molecule has 0 saturated heterocycles. The molecule has 0 radical (unpaired) electrons. The molecular formula is C15H23N3S2. The van der Waals surface area contributed by atoms with Gasteiger partial charge in [0.05, 0.1) is 5.69 Å². The summed E-state index contributed by atoms with van der Waals surface area (Å²) in [6.07, 6.45) is 2.18. The van der Waals surface area contributed by atoms with E-state index in [1.165, 1.54) is 15.4 Å². The molecule has 0 saturated carbocycles. The first kappa shape index (κ1) is 15.5. The number of hydrogen-bond acceptors (Lipinski definition) is 5. The van der Waals surface area contributed by atoms with Gasteiger partial charge in [-0.25, -0.2) is 4.98 Å². The third-order valence-electron chi connectivity index (χ3n) is 3.58. The summed E-state index contributed by atoms with van der Waals surface area (Å²) in [6.45, 7) is 6.02. The van der Waals surface area contributed by atoms with E-state index in [0.29, 0.717) is 12.5 Å². The zero-order valence-corrected chi connectivity index (χ0v) is 14.1. The molecule has 0 aromatic carbocycles. The first-order chi connectivity index (χ1) is 9.65. The predicted molar refractivity (Wildman–Crippen MR) is 90.0 cm³/mol. The summed E-state index contributed by atoms with van der Waals surface area (Å²) in [5, 5.41) is 3.23. The molecule has 5 heteroatoms. The molecule has 0 bridgehead atoms. The third kappa shape index (κ3) is 3.59. The van der Waals surface area contributed by atoms with Crippen molar-refractivity contribution >= 4 is 27.8 Å². The number of rotatable bonds is 7. The summed E-state index contributed by atoms with van der Waals surface area (Å²) in [5.74, 6) is 0.490. The average Bonchev–Trinajstić information content (AvgIpc) is 3.12. The van der Waals surface area contributed by atoms with Gasteiger partial charge in [-0.1, -0.05) is 19.9 Å². The Morgan fingerprint density at radius 1 is 1.45 bits per heavy atom. The summed E-state index contributed by atoms with van der Waals surface area (Å²) in [5.41, 5.74) is 7.05. The smallest absolute Gasteiger partial charge is 0.185 e. The van der Waals surface area contributed by atoms with Gasteiger partial charge in [-0.05, 0) is 30.2 Å². The van der Waals surface area contributed by atoms with Crippen LogP contribution in [0.1, 0.15) is 41.6 Å². The Morgan fingerprint density at radius 2 is 2.25 bits per heavy atom. The highest BCUT2D eigenvalue weighted by Crippen LogP contribution is 2.31. The quantitative estimate of drug-likeness (QED) is 0.844. The van der Waals surface area contributed by atoms with E-state index < -0.39 is 0 Å². The van der Waals surface area contributed by atoms with Crippen molar-refractivity contribution in [3.05, 3.63) is 33.0 Å². The Balaban J connectivity index is 2.05. The lowest BCUT2D eigenvalue weighted by molar-refractivity contribution is 0.702. The van der Waals surface area contributed by atoms with Crippen LogP contribution < -0.4 is 10.6 Å². The SMILES string of the molecule is CCC(C)c1nc(N(C)CCc2cccs2)sc1CN. The molecule has 110 valence electrons. The minimum Gasteiger partial charge on any atom is -0.351 e. The summed E-state index contributed by atoms with van der Waals surface area (Å²) in [6, 6.07) is 4.30. The van der Waals surface area contributed by atoms with Crippen molar-refractivity contribution in [1.82, 2.24) is 4.98 Å². The van der Waals surface area contributed by atoms with E-state index in [2.05, 4.69) is 43.3 Å². The molecule has 2 rings (SSSR count). The van der Waals surface area contributed by atoms with Crippen molar-refractivity contribution in [3.63, 3.8) is 0 Å². The number of thiazole rings is 1. The van der Waals surface area contributed by atoms with Gasteiger partial charge < -0.3 is 10.6 Å². The second-order valence-corrected chi connectivity index (χ2v) is 7.16. The Labute approximate surface area is 129 Å². The maximum absolute atomic E-state index is 5.86. The van der Waals surface area contributed by atoms with Crippen LogP contribution >= 0.6 is 22.7 Å². The summed E-state index contributed by atoms with van der Waals surface area (Å²) in [4.78, 5) is 9.72. The van der Waals surface area contributed by atoms with Crippen molar-refractivity contribution < 1.29 is 0 Å². The molecule has 0 aliphatic heterocycles. The highest BCUT2D eigenvalue weighted by molar-refractivity contribution is 7.15. The molecule has 20 heavy (non-hydrogen) atoms. The van der Waals surface area contributed by atoms with Gasteiger partial charge in [0.25, 0.3) is 0 Å². The molecule has 0 spiro atoms. The molecule has 2 heterocycles. The molecule has 2 aromatic rings. The summed E-state index contributed by atoms with van der Waals surface area (Å²) >= 11 is 3.56. The fraction of sp³-hybridized carbons (Fsp3) is 0.533. The minimum absolute atomic E-state index is 0.490. The van der Waals surface area contributed by atoms with Crippen molar-refractivity contribution in [2.45, 2.75) is 39.2 Å². The standard InChI is InChI=1S/C15H23N3S2/c1-4-11(2)14-13(10-16)20-15(17-14)18(3)8-7-12-6-5-9-19-12/h5-6,9,11H,4,7-8,10,16H2,1-3H3. The van der Waals surface area contributed by atoms with Crippen LogP contribution in [0.5, 0.6) is 0 Å². The molecule has 3 nitrogen and oxygen atoms in total. The maximum atomic E-state index is 5.86. The highest BCUT2D eigenvalue weighted by atomic mass is 32.1. The van der Waals surface area contributed by atoms with Crippen LogP contribution in [-0.4, -0.2) is 18.6 Å². The van der Waals surface area contributed by atoms with Crippen molar-refractivity contribution in [3.8, 4) is 0 Å². The van der Waals surface area contributed by atoms with Crippen LogP contribution in [0.2, 0.25) is 0 Å². The Kier molecular flexibility index (Phi) is 5.57. The Hall–Kier alpha value is -0.910. The number of nitrogens with zero attached hydrogens (tertiary/aromatic N) is 2. The van der Waals surface area contributed by atoms with Gasteiger partial charge in [0, 0.05) is 29.9 Å². The Bertz CT molecular complexity index is 519. The van der Waals surface area contributed by atoms with Crippen LogP contribution in [-0.2, 0) is 13.0 Å². The fourth-order valence-corrected chi connectivity index (χ4v) is 3.81. The molecule has 2 N–H and O–H groups in total. The molecule has 1 unspecified atom stereocenters. The monoisotopic (exact) mass is 309 g/mol. The largest absolute Gasteiger partial charge is 0.351 e. The first-order valence-electron chi connectivity index (χ1n) is 7.08. The summed E-state index contributed by atoms with van der Waals surface area (Å²) in [7, 11) is 2.12. The van der Waals surface area contributed by atoms with E-state index in [-0.39, 0.29) is 0 Å². The van der Waals surface area contributed by atoms with Crippen LogP contribution in [0.25, 0.3) is 0 Å². The number of aromatic nitrogens is 1. The van der Waals surface area contributed by atoms with E-state index in [4.69, 9.17) is 10.7 Å². The molecule has 1 atom stereocenters. The van der Waals surface area contributed by atoms with E-state index >= 15 is 0 Å². The maximum Gasteiger partial charge on any atom is 0.185 e. The molecular weight excluding hydrogens is 286 g/mol. The summed E-state index contributed by atoms with van der Waals surface area (Å²) < 4.78 is 0. The van der Waals surface area contributed by atoms with Gasteiger partial charge in [-0.15, -0.1) is 22.7 Å². The molecule has 0 fully saturated rings. The lowest BCUT2D eigenvalue weighted by Crippen LogP contribution is -2.19. The second kappa shape index (κ2) is 7.20. The lowest BCUT2D eigenvalue weighted by atomic mass is 10.0. The van der Waals surface area contributed by atoms with E-state index in [1.54, 1.807) is 11.3 Å². The van der Waals surface area contributed by atoms with E-state index in [0.717, 1.165) is 24.5 Å². The average molecular weight is 310 g/mol. The third-order valence-corrected chi connectivity index (χ3v) is 5.72. The van der Waals surface area contributed by atoms with Crippen molar-refractivity contribution in [2.75, 3.05) is 18.5 Å². The van der Waals surface area contributed by atoms with Gasteiger partial charge in [0.1, 0.15) is 0 Å². The molecule has 2 aromatic heterocycles. The van der Waals surface area contributed by atoms with Gasteiger partial charge >= 0.3 is 0 Å². The number of hydrogen-bond donors (Lipinski definition) is 1. The van der Waals surface area contributed by atoms with Gasteiger partial charge in [-0.3, -0.25) is 0 Å². The van der Waals surface area contributed by atoms with Gasteiger partial charge in [0.2, 0.25) is 0 Å². The Morgan fingerprint density at radius 3 is 2.85 bits per heavy atom. The number of thiophene rings is 1. The minimum atomic E-state index is 0.490. The van der Waals surface area contributed by atoms with Crippen LogP contribution in [0.4, 0.5) is 5.13 Å². The zero-order chi connectivity index (χ0) is 14.5. The zero-order valence-electron chi connectivity index (χ0n) is 12.4. The topological polar surface area (TPSA) is 42.2 Å².